The van der Waals surface area contributed by atoms with Crippen LogP contribution in [-0.4, -0.2) is 79.8 Å². The van der Waals surface area contributed by atoms with Crippen LogP contribution >= 0.6 is 0 Å². The van der Waals surface area contributed by atoms with Crippen molar-refractivity contribution in [1.82, 2.24) is 30.0 Å². The van der Waals surface area contributed by atoms with E-state index in [-0.39, 0.29) is 79.1 Å². The van der Waals surface area contributed by atoms with Gasteiger partial charge in [0.05, 0.1) is 30.6 Å². The molecule has 2 aromatic heterocycles. The molecule has 4 saturated carbocycles. The number of hydrogen-bond donors (Lipinski definition) is 0. The highest BCUT2D eigenvalue weighted by atomic mass is 16.6. The number of aldehydes is 2. The van der Waals surface area contributed by atoms with E-state index in [0.29, 0.717) is 70.5 Å². The lowest BCUT2D eigenvalue weighted by molar-refractivity contribution is -0.200. The monoisotopic (exact) mass is 892 g/mol. The van der Waals surface area contributed by atoms with Gasteiger partial charge in [-0.1, -0.05) is 55.5 Å². The molecule has 4 aliphatic rings. The minimum atomic E-state index is -0.381. The molecule has 16 heteroatoms. The zero-order valence-corrected chi connectivity index (χ0v) is 37.7. The number of esters is 3. The van der Waals surface area contributed by atoms with Gasteiger partial charge in [0.25, 0.3) is 0 Å². The fourth-order valence-electron chi connectivity index (χ4n) is 12.4. The number of benzene rings is 2. The van der Waals surface area contributed by atoms with E-state index in [9.17, 15) is 24.0 Å². The third-order valence-electron chi connectivity index (χ3n) is 15.7. The largest absolute Gasteiger partial charge is 0.486 e. The number of rotatable bonds is 18. The highest BCUT2D eigenvalue weighted by molar-refractivity contribution is 5.79. The first-order valence-corrected chi connectivity index (χ1v) is 23.0. The SMILES string of the molecule is COC(=O)CC[C@@H](C)[C@H]1CC[C@H]2[C@@H]3CC[C@@H]4C[C@H](OC(=O)Cn5cc(COc6ccccc6C=O)nn5)CC[C@]4(C)[C@H]3C[C@H](OC(=O)Cn3cc(COc4ccccc4C=O)nn3)[C@]12C. The van der Waals surface area contributed by atoms with Gasteiger partial charge in [0.2, 0.25) is 0 Å². The molecule has 2 aromatic carbocycles. The van der Waals surface area contributed by atoms with Crippen LogP contribution in [0.4, 0.5) is 0 Å². The number of aromatic nitrogens is 6. The summed E-state index contributed by atoms with van der Waals surface area (Å²) < 4.78 is 32.3. The Hall–Kier alpha value is -5.93. The van der Waals surface area contributed by atoms with Crippen LogP contribution in [0.1, 0.15) is 117 Å². The third kappa shape index (κ3) is 9.72. The van der Waals surface area contributed by atoms with Crippen LogP contribution in [0.3, 0.4) is 0 Å². The van der Waals surface area contributed by atoms with Gasteiger partial charge in [-0.25, -0.2) is 9.36 Å². The maximum absolute atomic E-state index is 14.0. The molecule has 0 spiro atoms. The van der Waals surface area contributed by atoms with E-state index in [1.165, 1.54) is 16.5 Å². The normalized spacial score (nSPS) is 28.4. The van der Waals surface area contributed by atoms with Gasteiger partial charge in [0, 0.05) is 11.8 Å². The van der Waals surface area contributed by atoms with Crippen molar-refractivity contribution in [3.63, 3.8) is 0 Å². The molecule has 0 radical (unpaired) electrons. The van der Waals surface area contributed by atoms with Gasteiger partial charge in [0.1, 0.15) is 61.4 Å². The summed E-state index contributed by atoms with van der Waals surface area (Å²) in [5.74, 6) is 1.88. The Labute approximate surface area is 379 Å². The predicted octanol–water partition coefficient (Wildman–Crippen LogP) is 7.03. The van der Waals surface area contributed by atoms with Crippen molar-refractivity contribution in [1.29, 1.82) is 0 Å². The lowest BCUT2D eigenvalue weighted by atomic mass is 9.43. The summed E-state index contributed by atoms with van der Waals surface area (Å²) in [6.45, 7) is 6.97. The van der Waals surface area contributed by atoms with Gasteiger partial charge in [-0.2, -0.15) is 0 Å². The van der Waals surface area contributed by atoms with Crippen LogP contribution in [0.15, 0.2) is 60.9 Å². The molecule has 0 unspecified atom stereocenters. The number of carbonyl (C=O) groups is 5. The average molecular weight is 893 g/mol. The van der Waals surface area contributed by atoms with E-state index in [1.54, 1.807) is 60.9 Å². The molecule has 0 saturated heterocycles. The Morgan fingerprint density at radius 1 is 0.754 bits per heavy atom. The van der Waals surface area contributed by atoms with E-state index in [0.717, 1.165) is 63.9 Å². The van der Waals surface area contributed by atoms with Gasteiger partial charge in [-0.3, -0.25) is 24.0 Å². The molecule has 4 aliphatic carbocycles. The Kier molecular flexibility index (Phi) is 13.8. The van der Waals surface area contributed by atoms with Crippen molar-refractivity contribution in [3.8, 4) is 11.5 Å². The fourth-order valence-corrected chi connectivity index (χ4v) is 12.4. The number of nitrogens with zero attached hydrogens (tertiary/aromatic N) is 6. The predicted molar refractivity (Wildman–Crippen MR) is 233 cm³/mol. The zero-order valence-electron chi connectivity index (χ0n) is 37.7. The van der Waals surface area contributed by atoms with Crippen LogP contribution in [0.2, 0.25) is 0 Å². The smallest absolute Gasteiger partial charge is 0.328 e. The number of para-hydroxylation sites is 2. The Balaban J connectivity index is 0.921. The van der Waals surface area contributed by atoms with Gasteiger partial charge in [-0.05, 0) is 123 Å². The Morgan fingerprint density at radius 2 is 1.35 bits per heavy atom. The summed E-state index contributed by atoms with van der Waals surface area (Å²) in [6, 6.07) is 13.9. The lowest BCUT2D eigenvalue weighted by Crippen LogP contribution is -2.59. The molecule has 8 rings (SSSR count). The first kappa shape index (κ1) is 45.6. The first-order valence-electron chi connectivity index (χ1n) is 23.0. The molecule has 16 nitrogen and oxygen atoms in total. The van der Waals surface area contributed by atoms with Crippen molar-refractivity contribution in [2.24, 2.45) is 46.3 Å². The number of fused-ring (bicyclic) bond motifs is 5. The van der Waals surface area contributed by atoms with Gasteiger partial charge < -0.3 is 23.7 Å². The molecular formula is C49H60N6O10. The van der Waals surface area contributed by atoms with E-state index >= 15 is 0 Å². The highest BCUT2D eigenvalue weighted by Gasteiger charge is 2.65. The quantitative estimate of drug-likeness (QED) is 0.0561. The van der Waals surface area contributed by atoms with Crippen LogP contribution in [0.5, 0.6) is 11.5 Å². The van der Waals surface area contributed by atoms with Crippen LogP contribution in [0, 0.1) is 46.3 Å². The van der Waals surface area contributed by atoms with E-state index in [4.69, 9.17) is 23.7 Å². The Bertz CT molecular complexity index is 2350. The van der Waals surface area contributed by atoms with Crippen LogP contribution in [-0.2, 0) is 54.9 Å². The topological polar surface area (TPSA) is 193 Å². The van der Waals surface area contributed by atoms with Crippen LogP contribution < -0.4 is 9.47 Å². The first-order chi connectivity index (χ1) is 31.4. The van der Waals surface area contributed by atoms with Gasteiger partial charge in [-0.15, -0.1) is 10.2 Å². The standard InChI is InChI=1S/C49H60N6O10/c1-31(13-18-45(58)61-4)39-16-17-40-38-15-14-34-21-37(64-46(59)25-54-23-35(50-52-54)29-62-42-11-7-5-9-32(42)27-56)19-20-48(34,2)41(38)22-44(49(39,40)3)65-47(60)26-55-24-36(51-53-55)30-63-43-12-8-6-10-33(43)28-57/h5-12,23-24,27-28,31,34,37-41,44H,13-22,25-26,29-30H2,1-4H3/t31-,34-,37-,38+,39-,40+,41+,44+,48+,49-/m1/s1. The minimum Gasteiger partial charge on any atom is -0.486 e. The second-order valence-electron chi connectivity index (χ2n) is 19.1. The van der Waals surface area contributed by atoms with Crippen molar-refractivity contribution in [2.75, 3.05) is 7.11 Å². The number of ether oxygens (including phenoxy) is 5. The third-order valence-corrected chi connectivity index (χ3v) is 15.7. The van der Waals surface area contributed by atoms with Gasteiger partial charge in [0.15, 0.2) is 12.6 Å². The molecule has 0 N–H and O–H groups in total. The fraction of sp³-hybridized carbons (Fsp3) is 0.571. The maximum Gasteiger partial charge on any atom is 0.328 e. The molecule has 346 valence electrons. The van der Waals surface area contributed by atoms with Crippen molar-refractivity contribution >= 4 is 30.5 Å². The summed E-state index contributed by atoms with van der Waals surface area (Å²) in [5, 5.41) is 16.7. The van der Waals surface area contributed by atoms with E-state index in [2.05, 4.69) is 41.4 Å². The summed E-state index contributed by atoms with van der Waals surface area (Å²) >= 11 is 0. The summed E-state index contributed by atoms with van der Waals surface area (Å²) in [4.78, 5) is 62.4. The molecule has 4 fully saturated rings. The summed E-state index contributed by atoms with van der Waals surface area (Å²) in [6.07, 6.45) is 12.6. The molecular weight excluding hydrogens is 833 g/mol. The number of hydrogen-bond acceptors (Lipinski definition) is 14. The molecule has 65 heavy (non-hydrogen) atoms. The number of methoxy groups -OCH3 is 1. The highest BCUT2D eigenvalue weighted by Crippen LogP contribution is 2.69. The summed E-state index contributed by atoms with van der Waals surface area (Å²) in [7, 11) is 1.43. The maximum atomic E-state index is 14.0. The molecule has 0 bridgehead atoms. The number of carbonyl (C=O) groups excluding carboxylic acids is 5. The Morgan fingerprint density at radius 3 is 1.95 bits per heavy atom. The van der Waals surface area contributed by atoms with Crippen molar-refractivity contribution in [3.05, 3.63) is 83.4 Å². The zero-order chi connectivity index (χ0) is 45.7. The van der Waals surface area contributed by atoms with Crippen molar-refractivity contribution < 1.29 is 47.7 Å². The minimum absolute atomic E-state index is 0.0288. The average Bonchev–Trinajstić information content (AvgIpc) is 4.06. The van der Waals surface area contributed by atoms with E-state index < -0.39 is 0 Å². The molecule has 0 amide bonds. The molecule has 10 atom stereocenters. The molecule has 0 aliphatic heterocycles. The van der Waals surface area contributed by atoms with Gasteiger partial charge >= 0.3 is 17.9 Å². The lowest BCUT2D eigenvalue weighted by Gasteiger charge is -2.62. The summed E-state index contributed by atoms with van der Waals surface area (Å²) in [5.41, 5.74) is 1.59. The van der Waals surface area contributed by atoms with Crippen molar-refractivity contribution in [2.45, 2.75) is 123 Å². The second-order valence-corrected chi connectivity index (χ2v) is 19.1. The van der Waals surface area contributed by atoms with Crippen LogP contribution in [0.25, 0.3) is 0 Å². The van der Waals surface area contributed by atoms with E-state index in [1.807, 2.05) is 0 Å². The molecule has 4 aromatic rings. The second kappa shape index (κ2) is 19.7. The molecule has 2 heterocycles.